The average Bonchev–Trinajstić information content (AvgIpc) is 3.24. The first-order valence-electron chi connectivity index (χ1n) is 8.67. The van der Waals surface area contributed by atoms with E-state index in [4.69, 9.17) is 9.26 Å². The van der Waals surface area contributed by atoms with Gasteiger partial charge in [-0.25, -0.2) is 9.97 Å². The van der Waals surface area contributed by atoms with Crippen LogP contribution in [0.3, 0.4) is 0 Å². The van der Waals surface area contributed by atoms with Gasteiger partial charge in [-0.2, -0.15) is 0 Å². The first-order valence-corrected chi connectivity index (χ1v) is 8.67. The Bertz CT molecular complexity index is 920. The van der Waals surface area contributed by atoms with Crippen LogP contribution in [0.25, 0.3) is 11.3 Å². The average molecular weight is 365 g/mol. The van der Waals surface area contributed by atoms with Crippen LogP contribution in [-0.4, -0.2) is 59.2 Å². The minimum absolute atomic E-state index is 0.137. The highest BCUT2D eigenvalue weighted by atomic mass is 16.5. The summed E-state index contributed by atoms with van der Waals surface area (Å²) in [6.45, 7) is 2.52. The Morgan fingerprint density at radius 3 is 2.59 bits per heavy atom. The van der Waals surface area contributed by atoms with E-state index >= 15 is 0 Å². The molecule has 0 spiro atoms. The quantitative estimate of drug-likeness (QED) is 0.700. The van der Waals surface area contributed by atoms with E-state index in [1.54, 1.807) is 36.5 Å². The molecular formula is C19H19N5O3. The van der Waals surface area contributed by atoms with Crippen LogP contribution >= 0.6 is 0 Å². The molecule has 0 N–H and O–H groups in total. The predicted molar refractivity (Wildman–Crippen MR) is 98.6 cm³/mol. The van der Waals surface area contributed by atoms with Crippen LogP contribution in [0.15, 0.2) is 53.3 Å². The van der Waals surface area contributed by atoms with Gasteiger partial charge in [-0.3, -0.25) is 4.79 Å². The molecule has 1 aromatic carbocycles. The Morgan fingerprint density at radius 1 is 1.07 bits per heavy atom. The number of amides is 1. The van der Waals surface area contributed by atoms with E-state index in [-0.39, 0.29) is 5.91 Å². The summed E-state index contributed by atoms with van der Waals surface area (Å²) in [5, 5.41) is 3.96. The molecule has 3 aromatic rings. The van der Waals surface area contributed by atoms with Crippen molar-refractivity contribution in [3.8, 4) is 17.1 Å². The summed E-state index contributed by atoms with van der Waals surface area (Å²) < 4.78 is 10.6. The summed E-state index contributed by atoms with van der Waals surface area (Å²) in [5.41, 5.74) is 1.11. The molecule has 0 aliphatic carbocycles. The maximum atomic E-state index is 12.7. The molecule has 2 aromatic heterocycles. The molecule has 8 heteroatoms. The number of ether oxygens (including phenoxy) is 1. The van der Waals surface area contributed by atoms with E-state index < -0.39 is 0 Å². The second kappa shape index (κ2) is 7.45. The summed E-state index contributed by atoms with van der Waals surface area (Å²) in [6.07, 6.45) is 3.44. The maximum absolute atomic E-state index is 12.7. The second-order valence-electron chi connectivity index (χ2n) is 6.14. The van der Waals surface area contributed by atoms with E-state index in [0.717, 1.165) is 11.3 Å². The lowest BCUT2D eigenvalue weighted by Gasteiger charge is -2.34. The molecule has 138 valence electrons. The molecule has 4 rings (SSSR count). The molecule has 0 radical (unpaired) electrons. The van der Waals surface area contributed by atoms with Crippen molar-refractivity contribution in [3.63, 3.8) is 0 Å². The van der Waals surface area contributed by atoms with E-state index in [0.29, 0.717) is 43.6 Å². The monoisotopic (exact) mass is 365 g/mol. The first-order chi connectivity index (χ1) is 13.2. The molecule has 0 atom stereocenters. The number of anilines is 1. The number of methoxy groups -OCH3 is 1. The molecule has 8 nitrogen and oxygen atoms in total. The maximum Gasteiger partial charge on any atom is 0.276 e. The minimum atomic E-state index is -0.137. The summed E-state index contributed by atoms with van der Waals surface area (Å²) >= 11 is 0. The van der Waals surface area contributed by atoms with Gasteiger partial charge in [0.15, 0.2) is 11.5 Å². The number of hydrogen-bond donors (Lipinski definition) is 0. The Kier molecular flexibility index (Phi) is 4.69. The Labute approximate surface area is 156 Å². The summed E-state index contributed by atoms with van der Waals surface area (Å²) in [6, 6.07) is 10.9. The number of hydrogen-bond acceptors (Lipinski definition) is 7. The van der Waals surface area contributed by atoms with Crippen molar-refractivity contribution in [2.24, 2.45) is 0 Å². The van der Waals surface area contributed by atoms with Gasteiger partial charge in [0.05, 0.1) is 7.11 Å². The highest BCUT2D eigenvalue weighted by Crippen LogP contribution is 2.25. The predicted octanol–water partition coefficient (Wildman–Crippen LogP) is 2.10. The number of nitrogens with zero attached hydrogens (tertiary/aromatic N) is 5. The van der Waals surface area contributed by atoms with Gasteiger partial charge in [0.1, 0.15) is 5.75 Å². The normalized spacial score (nSPS) is 14.3. The van der Waals surface area contributed by atoms with Gasteiger partial charge in [-0.05, 0) is 18.2 Å². The number of aromatic nitrogens is 3. The standard InChI is InChI=1S/C19H19N5O3/c1-26-15-5-2-4-14(12-15)17-13-16(22-27-17)18(25)23-8-10-24(11-9-23)19-20-6-3-7-21-19/h2-7,12-13H,8-11H2,1H3. The van der Waals surface area contributed by atoms with Gasteiger partial charge < -0.3 is 19.1 Å². The number of carbonyl (C=O) groups is 1. The third-order valence-electron chi connectivity index (χ3n) is 4.49. The van der Waals surface area contributed by atoms with Crippen LogP contribution in [0.5, 0.6) is 5.75 Å². The molecule has 1 aliphatic heterocycles. The molecule has 1 saturated heterocycles. The van der Waals surface area contributed by atoms with Crippen molar-refractivity contribution in [1.29, 1.82) is 0 Å². The molecule has 1 aliphatic rings. The van der Waals surface area contributed by atoms with Gasteiger partial charge in [0.2, 0.25) is 5.95 Å². The van der Waals surface area contributed by atoms with Gasteiger partial charge in [0, 0.05) is 50.2 Å². The van der Waals surface area contributed by atoms with Crippen LogP contribution < -0.4 is 9.64 Å². The molecule has 0 saturated carbocycles. The number of piperazine rings is 1. The van der Waals surface area contributed by atoms with Crippen molar-refractivity contribution in [2.45, 2.75) is 0 Å². The zero-order valence-corrected chi connectivity index (χ0v) is 14.9. The van der Waals surface area contributed by atoms with Crippen LogP contribution in [-0.2, 0) is 0 Å². The van der Waals surface area contributed by atoms with E-state index in [1.165, 1.54) is 0 Å². The van der Waals surface area contributed by atoms with Gasteiger partial charge in [-0.1, -0.05) is 17.3 Å². The molecular weight excluding hydrogens is 346 g/mol. The van der Waals surface area contributed by atoms with Crippen LogP contribution in [0.1, 0.15) is 10.5 Å². The number of rotatable bonds is 4. The first kappa shape index (κ1) is 17.0. The topological polar surface area (TPSA) is 84.6 Å². The van der Waals surface area contributed by atoms with E-state index in [9.17, 15) is 4.79 Å². The van der Waals surface area contributed by atoms with Crippen molar-refractivity contribution in [2.75, 3.05) is 38.2 Å². The summed E-state index contributed by atoms with van der Waals surface area (Å²) in [5.74, 6) is 1.80. The Balaban J connectivity index is 1.43. The fraction of sp³-hybridized carbons (Fsp3) is 0.263. The fourth-order valence-corrected chi connectivity index (χ4v) is 3.01. The minimum Gasteiger partial charge on any atom is -0.497 e. The second-order valence-corrected chi connectivity index (χ2v) is 6.14. The van der Waals surface area contributed by atoms with Crippen molar-refractivity contribution in [3.05, 3.63) is 54.5 Å². The third-order valence-corrected chi connectivity index (χ3v) is 4.49. The number of benzene rings is 1. The van der Waals surface area contributed by atoms with Gasteiger partial charge in [-0.15, -0.1) is 0 Å². The van der Waals surface area contributed by atoms with Crippen molar-refractivity contribution in [1.82, 2.24) is 20.0 Å². The van der Waals surface area contributed by atoms with Gasteiger partial charge in [0.25, 0.3) is 5.91 Å². The largest absolute Gasteiger partial charge is 0.497 e. The van der Waals surface area contributed by atoms with Crippen molar-refractivity contribution < 1.29 is 14.1 Å². The lowest BCUT2D eigenvalue weighted by molar-refractivity contribution is 0.0736. The summed E-state index contributed by atoms with van der Waals surface area (Å²) in [7, 11) is 1.61. The van der Waals surface area contributed by atoms with Gasteiger partial charge >= 0.3 is 0 Å². The smallest absolute Gasteiger partial charge is 0.276 e. The Hall–Kier alpha value is -3.42. The molecule has 0 bridgehead atoms. The molecule has 1 amide bonds. The van der Waals surface area contributed by atoms with Crippen LogP contribution in [0.4, 0.5) is 5.95 Å². The van der Waals surface area contributed by atoms with E-state index in [1.807, 2.05) is 24.3 Å². The fourth-order valence-electron chi connectivity index (χ4n) is 3.01. The van der Waals surface area contributed by atoms with E-state index in [2.05, 4.69) is 20.0 Å². The zero-order chi connectivity index (χ0) is 18.6. The SMILES string of the molecule is COc1cccc(-c2cc(C(=O)N3CCN(c4ncccn4)CC3)no2)c1. The lowest BCUT2D eigenvalue weighted by Crippen LogP contribution is -2.49. The number of carbonyl (C=O) groups excluding carboxylic acids is 1. The molecule has 0 unspecified atom stereocenters. The third kappa shape index (κ3) is 3.59. The molecule has 1 fully saturated rings. The Morgan fingerprint density at radius 2 is 1.85 bits per heavy atom. The highest BCUT2D eigenvalue weighted by molar-refractivity contribution is 5.93. The lowest BCUT2D eigenvalue weighted by atomic mass is 10.1. The highest BCUT2D eigenvalue weighted by Gasteiger charge is 2.25. The molecule has 3 heterocycles. The molecule has 27 heavy (non-hydrogen) atoms. The zero-order valence-electron chi connectivity index (χ0n) is 14.9. The van der Waals surface area contributed by atoms with Crippen LogP contribution in [0, 0.1) is 0 Å². The van der Waals surface area contributed by atoms with Crippen LogP contribution in [0.2, 0.25) is 0 Å². The van der Waals surface area contributed by atoms with Crippen molar-refractivity contribution >= 4 is 11.9 Å². The summed E-state index contributed by atoms with van der Waals surface area (Å²) in [4.78, 5) is 25.1.